The summed E-state index contributed by atoms with van der Waals surface area (Å²) in [5.74, 6) is 1.45. The topological polar surface area (TPSA) is 275 Å². The molecule has 3 aliphatic carbocycles. The third kappa shape index (κ3) is 15.4. The van der Waals surface area contributed by atoms with Crippen molar-refractivity contribution in [1.82, 2.24) is 51.0 Å². The smallest absolute Gasteiger partial charge is 0.247 e. The Bertz CT molecular complexity index is 2730. The molecule has 4 heterocycles. The van der Waals surface area contributed by atoms with Crippen molar-refractivity contribution < 1.29 is 38.2 Å². The normalized spacial score (nSPS) is 21.6. The van der Waals surface area contributed by atoms with Crippen LogP contribution in [0.3, 0.4) is 0 Å². The van der Waals surface area contributed by atoms with Crippen molar-refractivity contribution in [1.29, 1.82) is 0 Å². The highest BCUT2D eigenvalue weighted by atomic mass is 35.5. The molecule has 6 amide bonds. The second-order valence-electron chi connectivity index (χ2n) is 23.4. The molecule has 2 aromatic heterocycles. The first-order valence-corrected chi connectivity index (χ1v) is 30.1. The van der Waals surface area contributed by atoms with E-state index in [-0.39, 0.29) is 72.1 Å². The minimum Gasteiger partial charge on any atom is -0.494 e. The highest BCUT2D eigenvalue weighted by Crippen LogP contribution is 2.38. The number of ether oxygens (including phenoxy) is 2. The number of fused-ring (bicyclic) bond motifs is 2. The number of nitrogens with zero attached hydrogens (tertiary/aromatic N) is 6. The van der Waals surface area contributed by atoms with E-state index in [0.29, 0.717) is 109 Å². The molecule has 2 aliphatic heterocycles. The zero-order chi connectivity index (χ0) is 57.9. The van der Waals surface area contributed by atoms with E-state index in [9.17, 15) is 28.8 Å². The quantitative estimate of drug-likeness (QED) is 0.0395. The van der Waals surface area contributed by atoms with E-state index in [1.54, 1.807) is 64.1 Å². The first-order valence-electron chi connectivity index (χ1n) is 30.1. The molecule has 460 valence electrons. The van der Waals surface area contributed by atoms with Gasteiger partial charge in [0.25, 0.3) is 0 Å². The average Bonchev–Trinajstić information content (AvgIpc) is 3.38. The third-order valence-corrected chi connectivity index (χ3v) is 18.2. The van der Waals surface area contributed by atoms with Gasteiger partial charge in [-0.05, 0) is 141 Å². The van der Waals surface area contributed by atoms with Crippen LogP contribution < -0.4 is 52.0 Å². The Labute approximate surface area is 505 Å². The lowest BCUT2D eigenvalue weighted by Gasteiger charge is -2.35. The number of aromatic nitrogens is 4. The van der Waals surface area contributed by atoms with Crippen LogP contribution in [0.15, 0.2) is 36.9 Å². The Hall–Kier alpha value is -6.36. The van der Waals surface area contributed by atoms with E-state index >= 15 is 0 Å². The minimum absolute atomic E-state index is 0. The van der Waals surface area contributed by atoms with Crippen LogP contribution in [0.4, 0.5) is 23.0 Å². The van der Waals surface area contributed by atoms with Crippen LogP contribution >= 0.6 is 24.8 Å². The molecule has 8 N–H and O–H groups in total. The molecule has 2 aromatic carbocycles. The molecule has 5 aliphatic rings. The maximum absolute atomic E-state index is 14.4. The Morgan fingerprint density at radius 2 is 0.905 bits per heavy atom. The number of nitrogens with one attached hydrogen (secondary N) is 8. The maximum Gasteiger partial charge on any atom is 0.247 e. The van der Waals surface area contributed by atoms with Crippen molar-refractivity contribution in [2.75, 3.05) is 75.8 Å². The zero-order valence-corrected chi connectivity index (χ0v) is 51.2. The van der Waals surface area contributed by atoms with Crippen LogP contribution in [0, 0.1) is 23.7 Å². The number of anilines is 4. The Kier molecular flexibility index (Phi) is 23.8. The van der Waals surface area contributed by atoms with Gasteiger partial charge >= 0.3 is 0 Å². The van der Waals surface area contributed by atoms with Crippen molar-refractivity contribution in [3.63, 3.8) is 0 Å². The highest BCUT2D eigenvalue weighted by Gasteiger charge is 2.43. The van der Waals surface area contributed by atoms with Gasteiger partial charge in [-0.3, -0.25) is 28.8 Å². The molecule has 22 nitrogen and oxygen atoms in total. The summed E-state index contributed by atoms with van der Waals surface area (Å²) in [6.07, 6.45) is 19.0. The number of hydrogen-bond acceptors (Lipinski definition) is 16. The molecule has 0 radical (unpaired) electrons. The van der Waals surface area contributed by atoms with E-state index in [1.807, 2.05) is 12.1 Å². The summed E-state index contributed by atoms with van der Waals surface area (Å²) in [4.78, 5) is 105. The number of rotatable bonds is 22. The summed E-state index contributed by atoms with van der Waals surface area (Å²) in [5.41, 5.74) is 2.21. The van der Waals surface area contributed by atoms with E-state index < -0.39 is 36.3 Å². The summed E-state index contributed by atoms with van der Waals surface area (Å²) in [6, 6.07) is 3.51. The molecule has 0 spiro atoms. The van der Waals surface area contributed by atoms with Crippen LogP contribution in [-0.4, -0.2) is 156 Å². The molecule has 0 bridgehead atoms. The van der Waals surface area contributed by atoms with Gasteiger partial charge in [-0.25, -0.2) is 19.9 Å². The summed E-state index contributed by atoms with van der Waals surface area (Å²) in [7, 11) is 6.53. The number of methoxy groups -OCH3 is 2. The fourth-order valence-corrected chi connectivity index (χ4v) is 13.0. The minimum atomic E-state index is -0.709. The monoisotopic (exact) mass is 1200 g/mol. The molecule has 6 atom stereocenters. The zero-order valence-electron chi connectivity index (χ0n) is 49.6. The molecular formula is C60H88Cl2N14O8. The van der Waals surface area contributed by atoms with Gasteiger partial charge in [-0.2, -0.15) is 0 Å². The highest BCUT2D eigenvalue weighted by molar-refractivity contribution is 6.04. The van der Waals surface area contributed by atoms with Crippen LogP contribution in [0.2, 0.25) is 0 Å². The first-order chi connectivity index (χ1) is 39.8. The van der Waals surface area contributed by atoms with Crippen molar-refractivity contribution >= 4 is 105 Å². The number of carbonyl (C=O) groups is 6. The van der Waals surface area contributed by atoms with Crippen LogP contribution in [0.5, 0.6) is 11.5 Å². The molecule has 84 heavy (non-hydrogen) atoms. The summed E-state index contributed by atoms with van der Waals surface area (Å²) >= 11 is 0. The van der Waals surface area contributed by atoms with Crippen molar-refractivity contribution in [3.8, 4) is 11.5 Å². The number of hydrogen-bond donors (Lipinski definition) is 8. The number of likely N-dealkylation sites (N-methyl/N-ethyl adjacent to an activating group) is 2. The lowest BCUT2D eigenvalue weighted by Crippen LogP contribution is -2.57. The van der Waals surface area contributed by atoms with Gasteiger partial charge in [0, 0.05) is 49.1 Å². The van der Waals surface area contributed by atoms with Gasteiger partial charge in [0.05, 0.1) is 48.7 Å². The van der Waals surface area contributed by atoms with Crippen molar-refractivity contribution in [3.05, 3.63) is 36.9 Å². The second kappa shape index (κ2) is 30.6. The predicted molar refractivity (Wildman–Crippen MR) is 330 cm³/mol. The van der Waals surface area contributed by atoms with E-state index in [1.165, 1.54) is 12.7 Å². The van der Waals surface area contributed by atoms with Gasteiger partial charge in [-0.15, -0.1) is 24.8 Å². The number of halogens is 2. The molecule has 24 heteroatoms. The van der Waals surface area contributed by atoms with Crippen LogP contribution in [-0.2, 0) is 28.8 Å². The number of amides is 6. The number of benzene rings is 2. The fourth-order valence-electron chi connectivity index (χ4n) is 13.0. The standard InChI is InChI=1S/C60H86N14O8.2ClH/c1-35(61-3)55(75)71-51(39-15-9-7-10-16-39)59(79)73-25-13-19-47(73)57(77)69-45-27-41-43(29-49(45)81-5)65-33-67-53(41)63-31-37-21-23-38(24-22-37)32-64-54-42-28-46(50(82-6)30-44(42)66-34-68-54)70-58(78)48-20-14-26-74(48)60(80)52(40-17-11-8-12-18-40)72-56(76)36(2)62-4;;/h27-30,33-40,47-48,51-52,61-62H,7-26,31-32H2,1-6H3,(H,69,77)(H,70,78)(H,71,75)(H,72,76)(H,63,65,67)(H,64,66,68);2*1H/t35-,36-,37?,38?,47-,48-,51-,52-;;/m0../s1. The number of carbonyl (C=O) groups excluding carboxylic acids is 6. The lowest BCUT2D eigenvalue weighted by atomic mass is 9.82. The molecule has 5 fully saturated rings. The molecule has 2 saturated heterocycles. The SMILES string of the molecule is CN[C@@H](C)C(=O)N[C@H](C(=O)N1CCC[C@H]1C(=O)Nc1cc2c(NCC3CCC(CNc4ncnc5cc(OC)c(NC(=O)[C@@H]6CCCN6C(=O)[C@@H](NC(=O)[C@H](C)NC)C6CCCCC6)cc45)CC3)ncnc2cc1OC)C1CCCCC1.Cl.Cl. The summed E-state index contributed by atoms with van der Waals surface area (Å²) in [6.45, 7) is 5.79. The Morgan fingerprint density at radius 1 is 0.524 bits per heavy atom. The predicted octanol–water partition coefficient (Wildman–Crippen LogP) is 6.97. The Balaban J connectivity index is 0.00000506. The molecule has 9 rings (SSSR count). The molecule has 4 aromatic rings. The molecule has 0 unspecified atom stereocenters. The van der Waals surface area contributed by atoms with E-state index in [4.69, 9.17) is 9.47 Å². The van der Waals surface area contributed by atoms with Gasteiger partial charge in [0.15, 0.2) is 0 Å². The van der Waals surface area contributed by atoms with Gasteiger partial charge in [-0.1, -0.05) is 38.5 Å². The maximum atomic E-state index is 14.4. The molecule has 3 saturated carbocycles. The Morgan fingerprint density at radius 3 is 1.26 bits per heavy atom. The van der Waals surface area contributed by atoms with Crippen LogP contribution in [0.25, 0.3) is 21.8 Å². The average molecular weight is 1200 g/mol. The summed E-state index contributed by atoms with van der Waals surface area (Å²) in [5, 5.41) is 26.9. The second-order valence-corrected chi connectivity index (χ2v) is 23.4. The van der Waals surface area contributed by atoms with Crippen molar-refractivity contribution in [2.45, 2.75) is 166 Å². The molecular weight excluding hydrogens is 1120 g/mol. The number of likely N-dealkylation sites (tertiary alicyclic amines) is 2. The van der Waals surface area contributed by atoms with Gasteiger partial charge in [0.1, 0.15) is 60.0 Å². The fraction of sp³-hybridized carbons (Fsp3) is 0.633. The largest absolute Gasteiger partial charge is 0.494 e. The van der Waals surface area contributed by atoms with Crippen molar-refractivity contribution in [2.24, 2.45) is 23.7 Å². The van der Waals surface area contributed by atoms with Crippen LogP contribution in [0.1, 0.15) is 129 Å². The van der Waals surface area contributed by atoms with Gasteiger partial charge in [0.2, 0.25) is 35.4 Å². The van der Waals surface area contributed by atoms with E-state index in [0.717, 1.165) is 101 Å². The summed E-state index contributed by atoms with van der Waals surface area (Å²) < 4.78 is 11.5. The third-order valence-electron chi connectivity index (χ3n) is 18.2. The first kappa shape index (κ1) is 65.2. The lowest BCUT2D eigenvalue weighted by molar-refractivity contribution is -0.142. The van der Waals surface area contributed by atoms with Gasteiger partial charge < -0.3 is 61.8 Å². The van der Waals surface area contributed by atoms with E-state index in [2.05, 4.69) is 62.5 Å².